The van der Waals surface area contributed by atoms with E-state index in [1.807, 2.05) is 25.1 Å². The molecule has 1 aromatic carbocycles. The van der Waals surface area contributed by atoms with Gasteiger partial charge in [-0.15, -0.1) is 0 Å². The minimum atomic E-state index is -0.655. The summed E-state index contributed by atoms with van der Waals surface area (Å²) in [5.74, 6) is 0.356. The number of benzene rings is 1. The van der Waals surface area contributed by atoms with Crippen LogP contribution < -0.4 is 0 Å². The zero-order chi connectivity index (χ0) is 15.4. The summed E-state index contributed by atoms with van der Waals surface area (Å²) >= 11 is 6.25. The Morgan fingerprint density at radius 2 is 1.90 bits per heavy atom. The molecule has 114 valence electrons. The van der Waals surface area contributed by atoms with Crippen LogP contribution in [-0.4, -0.2) is 14.9 Å². The predicted molar refractivity (Wildman–Crippen MR) is 86.5 cm³/mol. The Morgan fingerprint density at radius 3 is 2.48 bits per heavy atom. The number of hydrogen-bond donors (Lipinski definition) is 1. The van der Waals surface area contributed by atoms with Crippen LogP contribution in [0, 0.1) is 5.92 Å². The molecule has 0 spiro atoms. The third-order valence-corrected chi connectivity index (χ3v) is 4.49. The van der Waals surface area contributed by atoms with E-state index >= 15 is 0 Å². The highest BCUT2D eigenvalue weighted by Gasteiger charge is 2.31. The van der Waals surface area contributed by atoms with E-state index in [2.05, 4.69) is 31.1 Å². The largest absolute Gasteiger partial charge is 0.386 e. The number of aryl methyl sites for hydroxylation is 1. The second-order valence-corrected chi connectivity index (χ2v) is 5.87. The first-order chi connectivity index (χ1) is 10.1. The normalized spacial score (nSPS) is 15.7. The Labute approximate surface area is 131 Å². The topological polar surface area (TPSA) is 38.1 Å². The molecule has 4 heteroatoms. The molecule has 0 radical (unpaired) electrons. The van der Waals surface area contributed by atoms with Gasteiger partial charge in [-0.3, -0.25) is 4.68 Å². The summed E-state index contributed by atoms with van der Waals surface area (Å²) < 4.78 is 1.78. The van der Waals surface area contributed by atoms with Gasteiger partial charge < -0.3 is 5.11 Å². The van der Waals surface area contributed by atoms with Crippen molar-refractivity contribution in [1.29, 1.82) is 0 Å². The van der Waals surface area contributed by atoms with Crippen molar-refractivity contribution < 1.29 is 5.11 Å². The van der Waals surface area contributed by atoms with Gasteiger partial charge in [0.05, 0.1) is 16.9 Å². The molecule has 0 bridgehead atoms. The lowest BCUT2D eigenvalue weighted by Gasteiger charge is -2.29. The zero-order valence-electron chi connectivity index (χ0n) is 12.8. The van der Waals surface area contributed by atoms with Crippen LogP contribution in [0.4, 0.5) is 0 Å². The monoisotopic (exact) mass is 306 g/mol. The quantitative estimate of drug-likeness (QED) is 0.858. The van der Waals surface area contributed by atoms with Crippen LogP contribution in [0.3, 0.4) is 0 Å². The van der Waals surface area contributed by atoms with Gasteiger partial charge in [-0.25, -0.2) is 0 Å². The van der Waals surface area contributed by atoms with Crippen molar-refractivity contribution in [2.75, 3.05) is 0 Å². The van der Waals surface area contributed by atoms with Crippen molar-refractivity contribution in [3.05, 3.63) is 52.8 Å². The van der Waals surface area contributed by atoms with Gasteiger partial charge in [0.25, 0.3) is 0 Å². The van der Waals surface area contributed by atoms with Crippen molar-refractivity contribution in [2.45, 2.75) is 45.8 Å². The lowest BCUT2D eigenvalue weighted by molar-refractivity contribution is 0.109. The van der Waals surface area contributed by atoms with E-state index in [9.17, 15) is 5.11 Å². The highest BCUT2D eigenvalue weighted by molar-refractivity contribution is 6.31. The van der Waals surface area contributed by atoms with E-state index in [0.29, 0.717) is 23.2 Å². The smallest absolute Gasteiger partial charge is 0.104 e. The average Bonchev–Trinajstić information content (AvgIpc) is 2.89. The van der Waals surface area contributed by atoms with Crippen LogP contribution in [0.2, 0.25) is 5.02 Å². The highest BCUT2D eigenvalue weighted by Crippen LogP contribution is 2.40. The number of halogens is 1. The van der Waals surface area contributed by atoms with E-state index in [1.165, 1.54) is 0 Å². The molecule has 0 aliphatic rings. The maximum Gasteiger partial charge on any atom is 0.104 e. The summed E-state index contributed by atoms with van der Waals surface area (Å²) in [6.07, 6.45) is 1.95. The summed E-state index contributed by atoms with van der Waals surface area (Å²) in [5, 5.41) is 15.7. The molecule has 2 aromatic rings. The fraction of sp³-hybridized carbons (Fsp3) is 0.471. The zero-order valence-corrected chi connectivity index (χ0v) is 13.6. The summed E-state index contributed by atoms with van der Waals surface area (Å²) in [5.41, 5.74) is 1.85. The number of aromatic nitrogens is 2. The summed E-state index contributed by atoms with van der Waals surface area (Å²) in [4.78, 5) is 0. The van der Waals surface area contributed by atoms with Gasteiger partial charge in [0.15, 0.2) is 0 Å². The molecule has 1 aromatic heterocycles. The standard InChI is InChI=1S/C17H23ClN2O/c1-4-12(3)15(13-9-7-6-8-10-13)17(21)16-14(18)11-19-20(16)5-2/h6-12,15,17,21H,4-5H2,1-3H3. The number of aliphatic hydroxyl groups is 1. The molecule has 3 nitrogen and oxygen atoms in total. The van der Waals surface area contributed by atoms with E-state index < -0.39 is 6.10 Å². The summed E-state index contributed by atoms with van der Waals surface area (Å²) in [6, 6.07) is 10.2. The minimum absolute atomic E-state index is 0.00991. The lowest BCUT2D eigenvalue weighted by Crippen LogP contribution is -2.21. The van der Waals surface area contributed by atoms with Crippen molar-refractivity contribution >= 4 is 11.6 Å². The molecular formula is C17H23ClN2O. The number of aliphatic hydroxyl groups excluding tert-OH is 1. The van der Waals surface area contributed by atoms with E-state index in [1.54, 1.807) is 10.9 Å². The van der Waals surface area contributed by atoms with Crippen molar-refractivity contribution in [2.24, 2.45) is 5.92 Å². The third-order valence-electron chi connectivity index (χ3n) is 4.19. The molecular weight excluding hydrogens is 284 g/mol. The maximum atomic E-state index is 11.0. The Kier molecular flexibility index (Phi) is 5.43. The molecule has 2 rings (SSSR count). The molecule has 0 amide bonds. The second kappa shape index (κ2) is 7.10. The first kappa shape index (κ1) is 16.1. The molecule has 21 heavy (non-hydrogen) atoms. The van der Waals surface area contributed by atoms with Gasteiger partial charge >= 0.3 is 0 Å². The molecule has 0 aliphatic heterocycles. The SMILES string of the molecule is CCC(C)C(c1ccccc1)C(O)c1c(Cl)cnn1CC. The fourth-order valence-corrected chi connectivity index (χ4v) is 3.09. The molecule has 1 heterocycles. The van der Waals surface area contributed by atoms with Gasteiger partial charge in [-0.2, -0.15) is 5.10 Å². The van der Waals surface area contributed by atoms with Crippen molar-refractivity contribution in [1.82, 2.24) is 9.78 Å². The number of nitrogens with zero attached hydrogens (tertiary/aromatic N) is 2. The van der Waals surface area contributed by atoms with Crippen molar-refractivity contribution in [3.63, 3.8) is 0 Å². The van der Waals surface area contributed by atoms with Crippen molar-refractivity contribution in [3.8, 4) is 0 Å². The average molecular weight is 307 g/mol. The van der Waals surface area contributed by atoms with Crippen LogP contribution in [-0.2, 0) is 6.54 Å². The van der Waals surface area contributed by atoms with E-state index in [4.69, 9.17) is 11.6 Å². The Bertz CT molecular complexity index is 567. The first-order valence-corrected chi connectivity index (χ1v) is 7.92. The molecule has 3 atom stereocenters. The summed E-state index contributed by atoms with van der Waals surface area (Å²) in [7, 11) is 0. The summed E-state index contributed by atoms with van der Waals surface area (Å²) in [6.45, 7) is 7.01. The maximum absolute atomic E-state index is 11.0. The molecule has 3 unspecified atom stereocenters. The van der Waals surface area contributed by atoms with Gasteiger partial charge in [0, 0.05) is 12.5 Å². The molecule has 0 aliphatic carbocycles. The highest BCUT2D eigenvalue weighted by atomic mass is 35.5. The van der Waals surface area contributed by atoms with Crippen LogP contribution >= 0.6 is 11.6 Å². The fourth-order valence-electron chi connectivity index (χ4n) is 2.84. The predicted octanol–water partition coefficient (Wildman–Crippen LogP) is 4.42. The second-order valence-electron chi connectivity index (χ2n) is 5.46. The molecule has 0 saturated heterocycles. The Balaban J connectivity index is 2.44. The number of hydrogen-bond acceptors (Lipinski definition) is 2. The van der Waals surface area contributed by atoms with Crippen LogP contribution in [0.5, 0.6) is 0 Å². The van der Waals surface area contributed by atoms with E-state index in [-0.39, 0.29) is 5.92 Å². The Hall–Kier alpha value is -1.32. The van der Waals surface area contributed by atoms with Gasteiger partial charge in [0.1, 0.15) is 6.10 Å². The van der Waals surface area contributed by atoms with Crippen LogP contribution in [0.1, 0.15) is 50.5 Å². The van der Waals surface area contributed by atoms with Gasteiger partial charge in [-0.1, -0.05) is 62.2 Å². The first-order valence-electron chi connectivity index (χ1n) is 7.54. The molecule has 0 saturated carbocycles. The third kappa shape index (κ3) is 3.30. The van der Waals surface area contributed by atoms with Crippen LogP contribution in [0.15, 0.2) is 36.5 Å². The van der Waals surface area contributed by atoms with E-state index in [0.717, 1.165) is 12.0 Å². The number of rotatable bonds is 6. The minimum Gasteiger partial charge on any atom is -0.386 e. The lowest BCUT2D eigenvalue weighted by atomic mass is 9.80. The van der Waals surface area contributed by atoms with Gasteiger partial charge in [0.2, 0.25) is 0 Å². The molecule has 0 fully saturated rings. The van der Waals surface area contributed by atoms with Gasteiger partial charge in [-0.05, 0) is 18.4 Å². The molecule has 1 N–H and O–H groups in total. The Morgan fingerprint density at radius 1 is 1.24 bits per heavy atom. The van der Waals surface area contributed by atoms with Crippen LogP contribution in [0.25, 0.3) is 0 Å².